The number of halogens is 2. The Hall–Kier alpha value is -1.14. The normalized spacial score (nSPS) is 15.8. The third-order valence-electron chi connectivity index (χ3n) is 3.53. The van der Waals surface area contributed by atoms with Crippen LogP contribution in [0, 0.1) is 18.7 Å². The Kier molecular flexibility index (Phi) is 4.34. The molecule has 0 radical (unpaired) electrons. The van der Waals surface area contributed by atoms with Crippen molar-refractivity contribution < 1.29 is 17.6 Å². The first-order valence-electron chi connectivity index (χ1n) is 6.32. The number of amides is 1. The van der Waals surface area contributed by atoms with Crippen LogP contribution in [-0.2, 0) is 9.05 Å². The molecular weight excluding hydrogens is 305 g/mol. The summed E-state index contributed by atoms with van der Waals surface area (Å²) in [7, 11) is 1.24. The van der Waals surface area contributed by atoms with Crippen LogP contribution in [0.2, 0.25) is 0 Å². The Morgan fingerprint density at radius 2 is 2.10 bits per heavy atom. The van der Waals surface area contributed by atoms with Crippen molar-refractivity contribution in [3.05, 3.63) is 29.1 Å². The molecule has 7 heteroatoms. The monoisotopic (exact) mass is 319 g/mol. The van der Waals surface area contributed by atoms with Gasteiger partial charge in [-0.2, -0.15) is 0 Å². The molecule has 0 spiro atoms. The zero-order valence-corrected chi connectivity index (χ0v) is 12.5. The van der Waals surface area contributed by atoms with Crippen LogP contribution in [0.3, 0.4) is 0 Å². The predicted octanol–water partition coefficient (Wildman–Crippen LogP) is 2.59. The standard InChI is InChI=1S/C13H15ClFNO3S/c1-8-5-10(20(14,18)19)6-11(12(8)15)13(17)16-7-9-3-2-4-9/h5-6,9H,2-4,7H2,1H3,(H,16,17). The summed E-state index contributed by atoms with van der Waals surface area (Å²) in [5.74, 6) is -0.900. The predicted molar refractivity (Wildman–Crippen MR) is 73.9 cm³/mol. The quantitative estimate of drug-likeness (QED) is 0.868. The second-order valence-electron chi connectivity index (χ2n) is 5.05. The number of carbonyl (C=O) groups excluding carboxylic acids is 1. The van der Waals surface area contributed by atoms with Gasteiger partial charge in [0.05, 0.1) is 10.5 Å². The molecule has 20 heavy (non-hydrogen) atoms. The molecular formula is C13H15ClFNO3S. The Morgan fingerprint density at radius 1 is 1.45 bits per heavy atom. The van der Waals surface area contributed by atoms with E-state index in [0.29, 0.717) is 12.5 Å². The van der Waals surface area contributed by atoms with Crippen molar-refractivity contribution in [3.63, 3.8) is 0 Å². The molecule has 0 saturated heterocycles. The van der Waals surface area contributed by atoms with Crippen molar-refractivity contribution in [2.24, 2.45) is 5.92 Å². The molecule has 110 valence electrons. The first-order chi connectivity index (χ1) is 9.29. The lowest BCUT2D eigenvalue weighted by Gasteiger charge is -2.25. The van der Waals surface area contributed by atoms with E-state index in [1.165, 1.54) is 6.92 Å². The van der Waals surface area contributed by atoms with E-state index in [-0.39, 0.29) is 16.0 Å². The maximum absolute atomic E-state index is 13.9. The van der Waals surface area contributed by atoms with Gasteiger partial charge in [-0.15, -0.1) is 0 Å². The summed E-state index contributed by atoms with van der Waals surface area (Å²) >= 11 is 0. The Labute approximate surface area is 121 Å². The van der Waals surface area contributed by atoms with Crippen molar-refractivity contribution in [1.82, 2.24) is 5.32 Å². The van der Waals surface area contributed by atoms with Crippen LogP contribution in [-0.4, -0.2) is 20.9 Å². The van der Waals surface area contributed by atoms with E-state index in [1.54, 1.807) is 0 Å². The van der Waals surface area contributed by atoms with Crippen LogP contribution in [0.25, 0.3) is 0 Å². The minimum absolute atomic E-state index is 0.0699. The first-order valence-corrected chi connectivity index (χ1v) is 8.63. The summed E-state index contributed by atoms with van der Waals surface area (Å²) in [6.45, 7) is 1.87. The maximum atomic E-state index is 13.9. The molecule has 4 nitrogen and oxygen atoms in total. The van der Waals surface area contributed by atoms with Gasteiger partial charge in [0.25, 0.3) is 15.0 Å². The van der Waals surface area contributed by atoms with Crippen LogP contribution >= 0.6 is 10.7 Å². The number of benzene rings is 1. The van der Waals surface area contributed by atoms with Crippen molar-refractivity contribution in [2.75, 3.05) is 6.54 Å². The van der Waals surface area contributed by atoms with E-state index >= 15 is 0 Å². The van der Waals surface area contributed by atoms with Gasteiger partial charge < -0.3 is 5.32 Å². The molecule has 0 aromatic heterocycles. The fourth-order valence-electron chi connectivity index (χ4n) is 2.07. The summed E-state index contributed by atoms with van der Waals surface area (Å²) in [4.78, 5) is 11.7. The van der Waals surface area contributed by atoms with Crippen molar-refractivity contribution >= 4 is 25.6 Å². The van der Waals surface area contributed by atoms with E-state index in [9.17, 15) is 17.6 Å². The molecule has 1 amide bonds. The second-order valence-corrected chi connectivity index (χ2v) is 7.61. The van der Waals surface area contributed by atoms with Gasteiger partial charge in [0.1, 0.15) is 5.82 Å². The molecule has 1 aliphatic rings. The van der Waals surface area contributed by atoms with E-state index in [0.717, 1.165) is 31.4 Å². The van der Waals surface area contributed by atoms with Crippen molar-refractivity contribution in [1.29, 1.82) is 0 Å². The molecule has 1 aliphatic carbocycles. The Balaban J connectivity index is 2.24. The third kappa shape index (κ3) is 3.30. The molecule has 0 atom stereocenters. The average Bonchev–Trinajstić information content (AvgIpc) is 2.28. The zero-order valence-electron chi connectivity index (χ0n) is 10.9. The summed E-state index contributed by atoms with van der Waals surface area (Å²) in [6.07, 6.45) is 3.25. The fourth-order valence-corrected chi connectivity index (χ4v) is 2.92. The van der Waals surface area contributed by atoms with Gasteiger partial charge in [0, 0.05) is 17.2 Å². The molecule has 1 aromatic rings. The van der Waals surface area contributed by atoms with Gasteiger partial charge in [0.15, 0.2) is 0 Å². The summed E-state index contributed by atoms with van der Waals surface area (Å²) in [6, 6.07) is 2.08. The lowest BCUT2D eigenvalue weighted by molar-refractivity contribution is 0.0934. The summed E-state index contributed by atoms with van der Waals surface area (Å²) in [5, 5.41) is 2.63. The minimum atomic E-state index is -4.00. The number of hydrogen-bond donors (Lipinski definition) is 1. The minimum Gasteiger partial charge on any atom is -0.352 e. The summed E-state index contributed by atoms with van der Waals surface area (Å²) in [5.41, 5.74) is -0.218. The molecule has 0 heterocycles. The number of aryl methyl sites for hydroxylation is 1. The van der Waals surface area contributed by atoms with Gasteiger partial charge >= 0.3 is 0 Å². The van der Waals surface area contributed by atoms with Crippen LogP contribution in [0.15, 0.2) is 17.0 Å². The van der Waals surface area contributed by atoms with Crippen molar-refractivity contribution in [2.45, 2.75) is 31.1 Å². The topological polar surface area (TPSA) is 63.2 Å². The molecule has 1 saturated carbocycles. The first kappa shape index (κ1) is 15.3. The zero-order chi connectivity index (χ0) is 14.9. The number of rotatable bonds is 4. The highest BCUT2D eigenvalue weighted by Crippen LogP contribution is 2.26. The average molecular weight is 320 g/mol. The van der Waals surface area contributed by atoms with Crippen LogP contribution in [0.5, 0.6) is 0 Å². The van der Waals surface area contributed by atoms with Crippen LogP contribution in [0.4, 0.5) is 4.39 Å². The Bertz CT molecular complexity index is 641. The fraction of sp³-hybridized carbons (Fsp3) is 0.462. The van der Waals surface area contributed by atoms with E-state index < -0.39 is 20.8 Å². The van der Waals surface area contributed by atoms with E-state index in [2.05, 4.69) is 5.32 Å². The van der Waals surface area contributed by atoms with Crippen LogP contribution < -0.4 is 5.32 Å². The molecule has 0 bridgehead atoms. The lowest BCUT2D eigenvalue weighted by atomic mass is 9.85. The van der Waals surface area contributed by atoms with Gasteiger partial charge in [-0.05, 0) is 43.4 Å². The van der Waals surface area contributed by atoms with Gasteiger partial charge in [-0.3, -0.25) is 4.79 Å². The highest BCUT2D eigenvalue weighted by atomic mass is 35.7. The number of hydrogen-bond acceptors (Lipinski definition) is 3. The Morgan fingerprint density at radius 3 is 2.60 bits per heavy atom. The lowest BCUT2D eigenvalue weighted by Crippen LogP contribution is -2.32. The van der Waals surface area contributed by atoms with Crippen molar-refractivity contribution in [3.8, 4) is 0 Å². The molecule has 1 fully saturated rings. The third-order valence-corrected chi connectivity index (χ3v) is 4.86. The van der Waals surface area contributed by atoms with E-state index in [4.69, 9.17) is 10.7 Å². The number of nitrogens with one attached hydrogen (secondary N) is 1. The van der Waals surface area contributed by atoms with Crippen LogP contribution in [0.1, 0.15) is 35.2 Å². The summed E-state index contributed by atoms with van der Waals surface area (Å²) < 4.78 is 36.5. The highest BCUT2D eigenvalue weighted by Gasteiger charge is 2.22. The van der Waals surface area contributed by atoms with Gasteiger partial charge in [-0.1, -0.05) is 6.42 Å². The molecule has 2 rings (SSSR count). The molecule has 0 aliphatic heterocycles. The molecule has 1 N–H and O–H groups in total. The largest absolute Gasteiger partial charge is 0.352 e. The number of carbonyl (C=O) groups is 1. The molecule has 0 unspecified atom stereocenters. The SMILES string of the molecule is Cc1cc(S(=O)(=O)Cl)cc(C(=O)NCC2CCC2)c1F. The second kappa shape index (κ2) is 5.69. The smallest absolute Gasteiger partial charge is 0.261 e. The maximum Gasteiger partial charge on any atom is 0.261 e. The van der Waals surface area contributed by atoms with E-state index in [1.807, 2.05) is 0 Å². The molecule has 1 aromatic carbocycles. The van der Waals surface area contributed by atoms with Gasteiger partial charge in [0.2, 0.25) is 0 Å². The van der Waals surface area contributed by atoms with Gasteiger partial charge in [-0.25, -0.2) is 12.8 Å². The highest BCUT2D eigenvalue weighted by molar-refractivity contribution is 8.13.